The van der Waals surface area contributed by atoms with E-state index >= 15 is 0 Å². The van der Waals surface area contributed by atoms with Crippen molar-refractivity contribution in [3.8, 4) is 12.0 Å². The number of halogens is 1. The Morgan fingerprint density at radius 3 is 2.65 bits per heavy atom. The maximum Gasteiger partial charge on any atom is 0.324 e. The summed E-state index contributed by atoms with van der Waals surface area (Å²) in [4.78, 5) is 11.7. The topological polar surface area (TPSA) is 69.2 Å². The van der Waals surface area contributed by atoms with E-state index in [0.29, 0.717) is 5.92 Å². The van der Waals surface area contributed by atoms with Crippen LogP contribution in [0.1, 0.15) is 12.8 Å². The summed E-state index contributed by atoms with van der Waals surface area (Å²) in [7, 11) is 3.42. The number of hydrogen-bond acceptors (Lipinski definition) is 6. The number of methoxy groups -OCH3 is 1. The predicted molar refractivity (Wildman–Crippen MR) is 62.5 cm³/mol. The van der Waals surface area contributed by atoms with Crippen LogP contribution in [0, 0.1) is 5.92 Å². The fraction of sp³-hybridized carbons (Fsp3) is 0.700. The molecule has 94 valence electrons. The number of nitrogens with zero attached hydrogens (tertiary/aromatic N) is 3. The zero-order chi connectivity index (χ0) is 12.3. The summed E-state index contributed by atoms with van der Waals surface area (Å²) in [5, 5.41) is 3.22. The summed E-state index contributed by atoms with van der Waals surface area (Å²) >= 11 is 5.72. The summed E-state index contributed by atoms with van der Waals surface area (Å²) in [6.07, 6.45) is 2.18. The van der Waals surface area contributed by atoms with Gasteiger partial charge in [0.2, 0.25) is 5.28 Å². The molecule has 1 saturated carbocycles. The van der Waals surface area contributed by atoms with Crippen molar-refractivity contribution in [3.05, 3.63) is 5.28 Å². The minimum absolute atomic E-state index is 0.0814. The van der Waals surface area contributed by atoms with Gasteiger partial charge in [0.25, 0.3) is 0 Å². The largest absolute Gasteiger partial charge is 0.467 e. The maximum absolute atomic E-state index is 5.72. The summed E-state index contributed by atoms with van der Waals surface area (Å²) in [5.74, 6) is 0.671. The van der Waals surface area contributed by atoms with E-state index in [1.54, 1.807) is 0 Å². The van der Waals surface area contributed by atoms with Crippen LogP contribution in [0.2, 0.25) is 5.28 Å². The molecular weight excluding hydrogens is 244 g/mol. The molecule has 2 rings (SSSR count). The predicted octanol–water partition coefficient (Wildman–Crippen LogP) is 0.910. The molecule has 0 aliphatic heterocycles. The van der Waals surface area contributed by atoms with Gasteiger partial charge in [0.05, 0.1) is 7.11 Å². The summed E-state index contributed by atoms with van der Waals surface area (Å²) in [5.41, 5.74) is 0. The van der Waals surface area contributed by atoms with Gasteiger partial charge in [-0.3, -0.25) is 0 Å². The normalized spacial score (nSPS) is 23.0. The molecule has 6 nitrogen and oxygen atoms in total. The quantitative estimate of drug-likeness (QED) is 0.847. The molecule has 1 heterocycles. The summed E-state index contributed by atoms with van der Waals surface area (Å²) in [6, 6.07) is 0.404. The van der Waals surface area contributed by atoms with Crippen molar-refractivity contribution >= 4 is 11.6 Å². The Kier molecular flexibility index (Phi) is 3.96. The molecule has 1 aromatic heterocycles. The van der Waals surface area contributed by atoms with Crippen molar-refractivity contribution in [1.82, 2.24) is 20.3 Å². The number of aromatic nitrogens is 3. The average Bonchev–Trinajstić information content (AvgIpc) is 2.25. The van der Waals surface area contributed by atoms with Gasteiger partial charge in [-0.25, -0.2) is 0 Å². The van der Waals surface area contributed by atoms with Gasteiger partial charge in [0.1, 0.15) is 6.10 Å². The van der Waals surface area contributed by atoms with Gasteiger partial charge in [0, 0.05) is 0 Å². The van der Waals surface area contributed by atoms with Crippen LogP contribution in [-0.2, 0) is 0 Å². The molecule has 0 aromatic carbocycles. The fourth-order valence-corrected chi connectivity index (χ4v) is 1.98. The fourth-order valence-electron chi connectivity index (χ4n) is 1.83. The second-order valence-electron chi connectivity index (χ2n) is 4.01. The Morgan fingerprint density at radius 2 is 2.00 bits per heavy atom. The van der Waals surface area contributed by atoms with Crippen LogP contribution < -0.4 is 14.8 Å². The first-order chi connectivity index (χ1) is 8.21. The second-order valence-corrected chi connectivity index (χ2v) is 4.35. The molecule has 17 heavy (non-hydrogen) atoms. The Hall–Kier alpha value is -1.14. The molecular formula is C10H15ClN4O2. The highest BCUT2D eigenvalue weighted by Crippen LogP contribution is 2.30. The Balaban J connectivity index is 1.89. The van der Waals surface area contributed by atoms with Crippen LogP contribution in [0.5, 0.6) is 12.0 Å². The van der Waals surface area contributed by atoms with E-state index < -0.39 is 0 Å². The van der Waals surface area contributed by atoms with E-state index in [9.17, 15) is 0 Å². The molecule has 1 aromatic rings. The highest BCUT2D eigenvalue weighted by Gasteiger charge is 2.31. The van der Waals surface area contributed by atoms with Gasteiger partial charge in [-0.2, -0.15) is 9.97 Å². The maximum atomic E-state index is 5.72. The smallest absolute Gasteiger partial charge is 0.324 e. The molecule has 0 saturated heterocycles. The van der Waals surface area contributed by atoms with Gasteiger partial charge < -0.3 is 14.8 Å². The van der Waals surface area contributed by atoms with Gasteiger partial charge in [-0.15, -0.1) is 4.98 Å². The first-order valence-electron chi connectivity index (χ1n) is 5.48. The lowest BCUT2D eigenvalue weighted by molar-refractivity contribution is 0.0563. The molecule has 0 spiro atoms. The van der Waals surface area contributed by atoms with Crippen LogP contribution in [0.4, 0.5) is 0 Å². The van der Waals surface area contributed by atoms with Crippen molar-refractivity contribution < 1.29 is 9.47 Å². The molecule has 7 heteroatoms. The number of nitrogens with one attached hydrogen (secondary N) is 1. The van der Waals surface area contributed by atoms with Crippen LogP contribution in [0.15, 0.2) is 0 Å². The highest BCUT2D eigenvalue weighted by molar-refractivity contribution is 6.28. The van der Waals surface area contributed by atoms with E-state index in [1.807, 2.05) is 7.05 Å². The first kappa shape index (κ1) is 12.3. The van der Waals surface area contributed by atoms with E-state index in [1.165, 1.54) is 7.11 Å². The third-order valence-electron chi connectivity index (χ3n) is 2.71. The van der Waals surface area contributed by atoms with Crippen LogP contribution in [0.25, 0.3) is 0 Å². The molecule has 1 aliphatic rings. The Morgan fingerprint density at radius 1 is 1.29 bits per heavy atom. The van der Waals surface area contributed by atoms with Gasteiger partial charge in [0.15, 0.2) is 0 Å². The number of ether oxygens (including phenoxy) is 2. The lowest BCUT2D eigenvalue weighted by Crippen LogP contribution is -2.39. The highest BCUT2D eigenvalue weighted by atomic mass is 35.5. The zero-order valence-corrected chi connectivity index (χ0v) is 10.6. The van der Waals surface area contributed by atoms with E-state index in [0.717, 1.165) is 19.4 Å². The molecule has 0 radical (unpaired) electrons. The SMILES string of the molecule is CNCC1CC(Oc2nc(Cl)nc(OC)n2)C1. The minimum atomic E-state index is 0.0814. The zero-order valence-electron chi connectivity index (χ0n) is 9.81. The Bertz CT molecular complexity index is 385. The third-order valence-corrected chi connectivity index (χ3v) is 2.88. The first-order valence-corrected chi connectivity index (χ1v) is 5.86. The molecule has 0 amide bonds. The van der Waals surface area contributed by atoms with E-state index in [2.05, 4.69) is 20.3 Å². The standard InChI is InChI=1S/C10H15ClN4O2/c1-12-5-6-3-7(4-6)17-10-14-8(11)13-9(15-10)16-2/h6-7,12H,3-5H2,1-2H3. The molecule has 1 fully saturated rings. The number of rotatable bonds is 5. The average molecular weight is 259 g/mol. The molecule has 1 aliphatic carbocycles. The summed E-state index contributed by atoms with van der Waals surface area (Å²) < 4.78 is 10.5. The van der Waals surface area contributed by atoms with Crippen molar-refractivity contribution in [1.29, 1.82) is 0 Å². The van der Waals surface area contributed by atoms with E-state index in [-0.39, 0.29) is 23.4 Å². The van der Waals surface area contributed by atoms with Crippen LogP contribution in [0.3, 0.4) is 0 Å². The Labute approximate surface area is 105 Å². The van der Waals surface area contributed by atoms with Crippen molar-refractivity contribution in [2.45, 2.75) is 18.9 Å². The van der Waals surface area contributed by atoms with Crippen molar-refractivity contribution in [2.75, 3.05) is 20.7 Å². The van der Waals surface area contributed by atoms with Gasteiger partial charge in [-0.1, -0.05) is 0 Å². The van der Waals surface area contributed by atoms with Crippen molar-refractivity contribution in [2.24, 2.45) is 5.92 Å². The lowest BCUT2D eigenvalue weighted by Gasteiger charge is -2.34. The molecule has 0 unspecified atom stereocenters. The van der Waals surface area contributed by atoms with Crippen LogP contribution in [-0.4, -0.2) is 41.8 Å². The second kappa shape index (κ2) is 5.46. The molecule has 1 N–H and O–H groups in total. The van der Waals surface area contributed by atoms with Gasteiger partial charge in [-0.05, 0) is 44.0 Å². The monoisotopic (exact) mass is 258 g/mol. The number of hydrogen-bond donors (Lipinski definition) is 1. The van der Waals surface area contributed by atoms with Crippen molar-refractivity contribution in [3.63, 3.8) is 0 Å². The third kappa shape index (κ3) is 3.17. The summed E-state index contributed by atoms with van der Waals surface area (Å²) in [6.45, 7) is 1.02. The molecule has 0 bridgehead atoms. The van der Waals surface area contributed by atoms with Crippen LogP contribution >= 0.6 is 11.6 Å². The van der Waals surface area contributed by atoms with E-state index in [4.69, 9.17) is 21.1 Å². The minimum Gasteiger partial charge on any atom is -0.467 e. The lowest BCUT2D eigenvalue weighted by atomic mass is 9.82. The molecule has 0 atom stereocenters. The van der Waals surface area contributed by atoms with Gasteiger partial charge >= 0.3 is 12.0 Å².